The number of H-pyrrole nitrogens is 1. The molecule has 24 heavy (non-hydrogen) atoms. The van der Waals surface area contributed by atoms with E-state index in [1.54, 1.807) is 6.20 Å². The molecule has 5 nitrogen and oxygen atoms in total. The molecule has 1 amide bonds. The van der Waals surface area contributed by atoms with E-state index in [0.717, 1.165) is 67.6 Å². The van der Waals surface area contributed by atoms with Crippen LogP contribution in [-0.4, -0.2) is 47.3 Å². The number of carbonyl (C=O) groups excluding carboxylic acids is 1. The van der Waals surface area contributed by atoms with Gasteiger partial charge in [0.1, 0.15) is 0 Å². The zero-order valence-corrected chi connectivity index (χ0v) is 14.3. The Kier molecular flexibility index (Phi) is 4.27. The van der Waals surface area contributed by atoms with Gasteiger partial charge >= 0.3 is 0 Å². The third kappa shape index (κ3) is 2.93. The van der Waals surface area contributed by atoms with Gasteiger partial charge in [0.05, 0.1) is 17.3 Å². The lowest BCUT2D eigenvalue weighted by Gasteiger charge is -2.38. The average molecular weight is 327 g/mol. The number of carbonyl (C=O) groups is 1. The summed E-state index contributed by atoms with van der Waals surface area (Å²) < 4.78 is 5.50. The summed E-state index contributed by atoms with van der Waals surface area (Å²) >= 11 is 0. The van der Waals surface area contributed by atoms with Crippen LogP contribution in [0.25, 0.3) is 10.9 Å². The molecule has 128 valence electrons. The van der Waals surface area contributed by atoms with Crippen LogP contribution in [0.5, 0.6) is 0 Å². The van der Waals surface area contributed by atoms with Gasteiger partial charge in [-0.1, -0.05) is 0 Å². The molecule has 1 N–H and O–H groups in total. The van der Waals surface area contributed by atoms with Gasteiger partial charge < -0.3 is 9.64 Å². The zero-order valence-electron chi connectivity index (χ0n) is 14.3. The van der Waals surface area contributed by atoms with Crippen molar-refractivity contribution in [2.24, 2.45) is 11.8 Å². The number of nitrogens with one attached hydrogen (secondary N) is 1. The molecule has 1 aromatic heterocycles. The number of nitrogens with zero attached hydrogens (tertiary/aromatic N) is 2. The number of likely N-dealkylation sites (tertiary alicyclic amines) is 1. The number of aromatic amines is 1. The van der Waals surface area contributed by atoms with Crippen molar-refractivity contribution in [2.75, 3.05) is 26.3 Å². The van der Waals surface area contributed by atoms with Crippen molar-refractivity contribution < 1.29 is 9.53 Å². The molecule has 4 rings (SSSR count). The van der Waals surface area contributed by atoms with Crippen molar-refractivity contribution in [1.82, 2.24) is 15.1 Å². The minimum absolute atomic E-state index is 0.143. The maximum Gasteiger partial charge on any atom is 0.256 e. The summed E-state index contributed by atoms with van der Waals surface area (Å²) in [4.78, 5) is 15.2. The number of amides is 1. The largest absolute Gasteiger partial charge is 0.381 e. The van der Waals surface area contributed by atoms with Gasteiger partial charge in [-0.3, -0.25) is 9.89 Å². The summed E-state index contributed by atoms with van der Waals surface area (Å²) in [7, 11) is 0. The molecule has 1 unspecified atom stereocenters. The van der Waals surface area contributed by atoms with Crippen LogP contribution < -0.4 is 0 Å². The lowest BCUT2D eigenvalue weighted by Crippen LogP contribution is -2.43. The number of hydrogen-bond acceptors (Lipinski definition) is 3. The van der Waals surface area contributed by atoms with Crippen LogP contribution in [0.4, 0.5) is 0 Å². The summed E-state index contributed by atoms with van der Waals surface area (Å²) in [5.41, 5.74) is 2.72. The van der Waals surface area contributed by atoms with Gasteiger partial charge in [0.25, 0.3) is 5.91 Å². The smallest absolute Gasteiger partial charge is 0.256 e. The summed E-state index contributed by atoms with van der Waals surface area (Å²) in [5, 5.41) is 8.12. The van der Waals surface area contributed by atoms with Crippen molar-refractivity contribution in [2.45, 2.75) is 32.6 Å². The molecule has 0 aliphatic carbocycles. The van der Waals surface area contributed by atoms with Crippen molar-refractivity contribution in [3.8, 4) is 0 Å². The number of piperidine rings is 1. The third-order valence-electron chi connectivity index (χ3n) is 5.60. The molecule has 1 atom stereocenters. The number of fused-ring (bicyclic) bond motifs is 1. The Hall–Kier alpha value is -1.88. The van der Waals surface area contributed by atoms with E-state index in [0.29, 0.717) is 11.8 Å². The van der Waals surface area contributed by atoms with Gasteiger partial charge in [0.2, 0.25) is 0 Å². The second-order valence-electron chi connectivity index (χ2n) is 7.25. The van der Waals surface area contributed by atoms with E-state index in [-0.39, 0.29) is 5.91 Å². The highest BCUT2D eigenvalue weighted by Gasteiger charge is 2.31. The molecule has 2 aliphatic heterocycles. The van der Waals surface area contributed by atoms with Crippen LogP contribution >= 0.6 is 0 Å². The number of rotatable bonds is 2. The first-order valence-corrected chi connectivity index (χ1v) is 9.03. The first-order chi connectivity index (χ1) is 11.7. The second-order valence-corrected chi connectivity index (χ2v) is 7.25. The fraction of sp³-hybridized carbons (Fsp3) is 0.579. The van der Waals surface area contributed by atoms with Gasteiger partial charge in [-0.2, -0.15) is 5.10 Å². The Bertz CT molecular complexity index is 733. The van der Waals surface area contributed by atoms with Gasteiger partial charge in [0.15, 0.2) is 0 Å². The fourth-order valence-electron chi connectivity index (χ4n) is 4.31. The van der Waals surface area contributed by atoms with E-state index in [9.17, 15) is 4.79 Å². The molecule has 3 heterocycles. The number of aromatic nitrogens is 2. The van der Waals surface area contributed by atoms with Gasteiger partial charge in [-0.15, -0.1) is 0 Å². The van der Waals surface area contributed by atoms with Crippen LogP contribution in [-0.2, 0) is 4.74 Å². The number of benzene rings is 1. The maximum atomic E-state index is 13.1. The molecular weight excluding hydrogens is 302 g/mol. The summed E-state index contributed by atoms with van der Waals surface area (Å²) in [6, 6.07) is 4.05. The lowest BCUT2D eigenvalue weighted by molar-refractivity contribution is 0.0253. The monoisotopic (exact) mass is 327 g/mol. The molecule has 0 bridgehead atoms. The van der Waals surface area contributed by atoms with Gasteiger partial charge in [-0.25, -0.2) is 0 Å². The number of hydrogen-bond donors (Lipinski definition) is 1. The van der Waals surface area contributed by atoms with Crippen LogP contribution in [0.15, 0.2) is 18.3 Å². The number of ether oxygens (including phenoxy) is 1. The molecule has 2 aromatic rings. The van der Waals surface area contributed by atoms with E-state index >= 15 is 0 Å². The minimum Gasteiger partial charge on any atom is -0.381 e. The molecule has 2 fully saturated rings. The first kappa shape index (κ1) is 15.6. The Morgan fingerprint density at radius 1 is 1.25 bits per heavy atom. The predicted molar refractivity (Wildman–Crippen MR) is 93.0 cm³/mol. The number of aryl methyl sites for hydroxylation is 1. The SMILES string of the molecule is Cc1cc(C(=O)N2CCCC(C3CCOCC3)C2)c2[nH]ncc2c1. The Labute approximate surface area is 142 Å². The highest BCUT2D eigenvalue weighted by molar-refractivity contribution is 6.05. The van der Waals surface area contributed by atoms with Gasteiger partial charge in [-0.05, 0) is 62.1 Å². The molecule has 1 aromatic carbocycles. The van der Waals surface area contributed by atoms with Crippen molar-refractivity contribution in [1.29, 1.82) is 0 Å². The second kappa shape index (κ2) is 6.55. The van der Waals surface area contributed by atoms with E-state index in [1.165, 1.54) is 6.42 Å². The standard InChI is InChI=1S/C19H25N3O2/c1-13-9-16-11-20-21-18(16)17(10-13)19(23)22-6-2-3-15(12-22)14-4-7-24-8-5-14/h9-11,14-15H,2-8,12H2,1H3,(H,20,21). The van der Waals surface area contributed by atoms with Crippen molar-refractivity contribution >= 4 is 16.8 Å². The normalized spacial score (nSPS) is 22.9. The summed E-state index contributed by atoms with van der Waals surface area (Å²) in [6.45, 7) is 5.53. The lowest BCUT2D eigenvalue weighted by atomic mass is 9.81. The van der Waals surface area contributed by atoms with Gasteiger partial charge in [0, 0.05) is 31.7 Å². The molecule has 2 saturated heterocycles. The Morgan fingerprint density at radius 3 is 2.92 bits per heavy atom. The Morgan fingerprint density at radius 2 is 2.08 bits per heavy atom. The van der Waals surface area contributed by atoms with Crippen molar-refractivity contribution in [3.05, 3.63) is 29.5 Å². The van der Waals surface area contributed by atoms with Crippen LogP contribution in [0.3, 0.4) is 0 Å². The predicted octanol–water partition coefficient (Wildman–Crippen LogP) is 3.15. The molecule has 0 spiro atoms. The third-order valence-corrected chi connectivity index (χ3v) is 5.60. The summed E-state index contributed by atoms with van der Waals surface area (Å²) in [5.74, 6) is 1.47. The fourth-order valence-corrected chi connectivity index (χ4v) is 4.31. The topological polar surface area (TPSA) is 58.2 Å². The molecule has 0 saturated carbocycles. The Balaban J connectivity index is 1.55. The highest BCUT2D eigenvalue weighted by atomic mass is 16.5. The van der Waals surface area contributed by atoms with E-state index < -0.39 is 0 Å². The van der Waals surface area contributed by atoms with Crippen LogP contribution in [0.1, 0.15) is 41.6 Å². The molecule has 0 radical (unpaired) electrons. The summed E-state index contributed by atoms with van der Waals surface area (Å²) in [6.07, 6.45) is 6.41. The van der Waals surface area contributed by atoms with E-state index in [1.807, 2.05) is 13.0 Å². The van der Waals surface area contributed by atoms with Crippen LogP contribution in [0, 0.1) is 18.8 Å². The average Bonchev–Trinajstić information content (AvgIpc) is 3.09. The highest BCUT2D eigenvalue weighted by Crippen LogP contribution is 2.32. The first-order valence-electron chi connectivity index (χ1n) is 9.03. The molecule has 2 aliphatic rings. The molecule has 5 heteroatoms. The quantitative estimate of drug-likeness (QED) is 0.922. The zero-order chi connectivity index (χ0) is 16.5. The molecular formula is C19H25N3O2. The minimum atomic E-state index is 0.143. The van der Waals surface area contributed by atoms with Crippen LogP contribution in [0.2, 0.25) is 0 Å². The van der Waals surface area contributed by atoms with E-state index in [4.69, 9.17) is 4.74 Å². The van der Waals surface area contributed by atoms with E-state index in [2.05, 4.69) is 21.2 Å². The maximum absolute atomic E-state index is 13.1. The van der Waals surface area contributed by atoms with Crippen molar-refractivity contribution in [3.63, 3.8) is 0 Å².